The summed E-state index contributed by atoms with van der Waals surface area (Å²) in [5, 5.41) is 32.1. The number of aromatic nitrogens is 2. The number of carboxylic acids is 1. The van der Waals surface area contributed by atoms with Crippen molar-refractivity contribution in [1.82, 2.24) is 41.0 Å². The van der Waals surface area contributed by atoms with Gasteiger partial charge in [-0.2, -0.15) is 0 Å². The van der Waals surface area contributed by atoms with Crippen molar-refractivity contribution in [2.75, 3.05) is 19.7 Å². The largest absolute Gasteiger partial charge is 0.480 e. The van der Waals surface area contributed by atoms with Crippen LogP contribution in [-0.4, -0.2) is 133 Å². The Hall–Kier alpha value is -6.27. The summed E-state index contributed by atoms with van der Waals surface area (Å²) in [4.78, 5) is 105. The van der Waals surface area contributed by atoms with Crippen LogP contribution >= 0.6 is 0 Å². The maximum atomic E-state index is 14.5. The van der Waals surface area contributed by atoms with Crippen LogP contribution in [0.5, 0.6) is 0 Å². The summed E-state index contributed by atoms with van der Waals surface area (Å²) in [6.45, 7) is 6.73. The number of nitrogens with two attached hydrogens (primary N) is 1. The molecular weight excluding hydrogens is 823 g/mol. The van der Waals surface area contributed by atoms with E-state index in [4.69, 9.17) is 5.73 Å². The summed E-state index contributed by atoms with van der Waals surface area (Å²) in [5.41, 5.74) is 9.74. The summed E-state index contributed by atoms with van der Waals surface area (Å²) in [6, 6.07) is 7.20. The smallest absolute Gasteiger partial charge is 0.326 e. The third-order valence-electron chi connectivity index (χ3n) is 12.2. The second kappa shape index (κ2) is 20.9. The van der Waals surface area contributed by atoms with Crippen molar-refractivity contribution >= 4 is 63.2 Å². The highest BCUT2D eigenvalue weighted by Gasteiger charge is 2.42. The lowest BCUT2D eigenvalue weighted by Gasteiger charge is -2.32. The summed E-state index contributed by atoms with van der Waals surface area (Å²) >= 11 is 0. The Balaban J connectivity index is 1.16. The predicted octanol–water partition coefficient (Wildman–Crippen LogP) is 1.46. The van der Waals surface area contributed by atoms with Crippen LogP contribution in [0.1, 0.15) is 70.9 Å². The SMILES string of the molecule is CC(C)C[C@H](NC(=O)[C@@H]1CCCN1C(=O)[C@@H](N)Cc1c[nH]c2ccccc12)C(=O)N1CCC[C@H]1C(=O)N[C@@H](Cc1c[nH]c2ccccc12)C(=O)N[C@@H](CO)C(=O)N[C@H](C(=O)O)C(C)C. The van der Waals surface area contributed by atoms with Gasteiger partial charge in [0.05, 0.1) is 12.6 Å². The quantitative estimate of drug-likeness (QED) is 0.0654. The van der Waals surface area contributed by atoms with Crippen molar-refractivity contribution < 1.29 is 43.8 Å². The number of H-pyrrole nitrogens is 2. The number of aromatic amines is 2. The second-order valence-electron chi connectivity index (χ2n) is 17.7. The summed E-state index contributed by atoms with van der Waals surface area (Å²) in [7, 11) is 0. The molecule has 0 spiro atoms. The lowest BCUT2D eigenvalue weighted by atomic mass is 10.0. The van der Waals surface area contributed by atoms with Crippen LogP contribution in [0.4, 0.5) is 0 Å². The molecule has 6 rings (SSSR count). The molecule has 344 valence electrons. The van der Waals surface area contributed by atoms with Crippen LogP contribution in [0.3, 0.4) is 0 Å². The van der Waals surface area contributed by atoms with Crippen LogP contribution in [0.15, 0.2) is 60.9 Å². The molecule has 2 saturated heterocycles. The molecule has 0 saturated carbocycles. The van der Waals surface area contributed by atoms with E-state index in [1.54, 1.807) is 20.0 Å². The van der Waals surface area contributed by atoms with Gasteiger partial charge in [-0.05, 0) is 73.6 Å². The fraction of sp³-hybridized carbons (Fsp3) is 0.500. The number of carbonyl (C=O) groups excluding carboxylic acids is 6. The third-order valence-corrected chi connectivity index (χ3v) is 12.2. The number of aliphatic hydroxyl groups is 1. The Labute approximate surface area is 371 Å². The molecule has 2 aliphatic heterocycles. The van der Waals surface area contributed by atoms with Gasteiger partial charge in [0.2, 0.25) is 35.4 Å². The van der Waals surface area contributed by atoms with Crippen LogP contribution in [0.2, 0.25) is 0 Å². The lowest BCUT2D eigenvalue weighted by molar-refractivity contribution is -0.144. The zero-order valence-corrected chi connectivity index (χ0v) is 36.8. The molecule has 0 unspecified atom stereocenters. The van der Waals surface area contributed by atoms with E-state index in [-0.39, 0.29) is 44.1 Å². The van der Waals surface area contributed by atoms with Crippen molar-refractivity contribution in [2.24, 2.45) is 17.6 Å². The first-order valence-corrected chi connectivity index (χ1v) is 22.1. The number of hydrogen-bond acceptors (Lipinski definition) is 9. The molecule has 0 radical (unpaired) electrons. The molecule has 6 amide bonds. The molecule has 2 aliphatic rings. The first kappa shape index (κ1) is 47.2. The number of aliphatic carboxylic acids is 1. The number of amides is 6. The van der Waals surface area contributed by atoms with Crippen LogP contribution in [-0.2, 0) is 46.4 Å². The topological polar surface area (TPSA) is 272 Å². The molecule has 18 heteroatoms. The average molecular weight is 884 g/mol. The van der Waals surface area contributed by atoms with E-state index in [9.17, 15) is 43.8 Å². The molecule has 2 aromatic heterocycles. The van der Waals surface area contributed by atoms with E-state index in [1.165, 1.54) is 9.80 Å². The highest BCUT2D eigenvalue weighted by molar-refractivity contribution is 5.98. The van der Waals surface area contributed by atoms with Gasteiger partial charge in [-0.25, -0.2) is 4.79 Å². The van der Waals surface area contributed by atoms with Gasteiger partial charge in [0.1, 0.15) is 36.3 Å². The van der Waals surface area contributed by atoms with Gasteiger partial charge in [-0.1, -0.05) is 64.1 Å². The number of aliphatic hydroxyl groups excluding tert-OH is 1. The maximum absolute atomic E-state index is 14.5. The summed E-state index contributed by atoms with van der Waals surface area (Å²) in [5.74, 6) is -5.50. The fourth-order valence-electron chi connectivity index (χ4n) is 8.84. The molecule has 10 N–H and O–H groups in total. The number of nitrogens with one attached hydrogen (secondary N) is 6. The molecule has 4 aromatic rings. The lowest BCUT2D eigenvalue weighted by Crippen LogP contribution is -2.60. The molecule has 0 bridgehead atoms. The number of rotatable bonds is 19. The minimum atomic E-state index is -1.54. The minimum absolute atomic E-state index is 0.0396. The molecule has 7 atom stereocenters. The first-order chi connectivity index (χ1) is 30.6. The standard InChI is InChI=1S/C46H61N9O9/c1-25(2)19-35(51-43(60)37-15-9-17-54(37)44(61)31(47)20-27-22-48-32-13-7-5-11-29(27)32)45(62)55-18-10-16-38(55)42(59)50-34(21-28-23-49-33-14-8-6-12-30(28)33)40(57)52-36(24-56)41(58)53-39(26(3)4)46(63)64/h5-8,11-14,22-23,25-26,31,34-39,48-49,56H,9-10,15-21,24,47H2,1-4H3,(H,50,59)(H,51,60)(H,52,57)(H,53,58)(H,63,64)/t31-,34-,35-,36-,37-,38-,39-/m0/s1. The molecule has 18 nitrogen and oxygen atoms in total. The van der Waals surface area contributed by atoms with Gasteiger partial charge < -0.3 is 57.0 Å². The highest BCUT2D eigenvalue weighted by Crippen LogP contribution is 2.25. The molecule has 64 heavy (non-hydrogen) atoms. The number of para-hydroxylation sites is 2. The van der Waals surface area contributed by atoms with E-state index in [1.807, 2.05) is 68.6 Å². The van der Waals surface area contributed by atoms with Gasteiger partial charge in [0.15, 0.2) is 0 Å². The second-order valence-corrected chi connectivity index (χ2v) is 17.7. The number of benzene rings is 2. The average Bonchev–Trinajstić information content (AvgIpc) is 4.10. The minimum Gasteiger partial charge on any atom is -0.480 e. The number of carbonyl (C=O) groups is 7. The van der Waals surface area contributed by atoms with E-state index in [0.717, 1.165) is 27.4 Å². The third kappa shape index (κ3) is 10.9. The number of carboxylic acid groups (broad SMARTS) is 1. The van der Waals surface area contributed by atoms with Crippen LogP contribution < -0.4 is 27.0 Å². The van der Waals surface area contributed by atoms with Gasteiger partial charge in [-0.3, -0.25) is 28.8 Å². The zero-order valence-electron chi connectivity index (χ0n) is 36.8. The molecule has 0 aliphatic carbocycles. The van der Waals surface area contributed by atoms with E-state index < -0.39 is 90.3 Å². The highest BCUT2D eigenvalue weighted by atomic mass is 16.4. The molecular formula is C46H61N9O9. The monoisotopic (exact) mass is 883 g/mol. The van der Waals surface area contributed by atoms with Crippen LogP contribution in [0, 0.1) is 11.8 Å². The number of hydrogen-bond donors (Lipinski definition) is 9. The number of likely N-dealkylation sites (tertiary alicyclic amines) is 2. The van der Waals surface area contributed by atoms with Crippen molar-refractivity contribution in [3.05, 3.63) is 72.1 Å². The van der Waals surface area contributed by atoms with Crippen molar-refractivity contribution in [3.8, 4) is 0 Å². The van der Waals surface area contributed by atoms with Crippen molar-refractivity contribution in [3.63, 3.8) is 0 Å². The number of fused-ring (bicyclic) bond motifs is 2. The Morgan fingerprint density at radius 2 is 1.19 bits per heavy atom. The van der Waals surface area contributed by atoms with Gasteiger partial charge in [-0.15, -0.1) is 0 Å². The Morgan fingerprint density at radius 3 is 1.70 bits per heavy atom. The van der Waals surface area contributed by atoms with Crippen molar-refractivity contribution in [2.45, 2.75) is 115 Å². The maximum Gasteiger partial charge on any atom is 0.326 e. The van der Waals surface area contributed by atoms with Gasteiger partial charge in [0, 0.05) is 53.7 Å². The zero-order chi connectivity index (χ0) is 46.2. The predicted molar refractivity (Wildman–Crippen MR) is 238 cm³/mol. The number of nitrogens with zero attached hydrogens (tertiary/aromatic N) is 2. The normalized spacial score (nSPS) is 18.8. The van der Waals surface area contributed by atoms with Crippen LogP contribution in [0.25, 0.3) is 21.8 Å². The molecule has 4 heterocycles. The molecule has 2 aromatic carbocycles. The van der Waals surface area contributed by atoms with Crippen molar-refractivity contribution in [1.29, 1.82) is 0 Å². The fourth-order valence-corrected chi connectivity index (χ4v) is 8.84. The van der Waals surface area contributed by atoms with E-state index in [2.05, 4.69) is 31.2 Å². The molecule has 2 fully saturated rings. The van der Waals surface area contributed by atoms with E-state index >= 15 is 0 Å². The Bertz CT molecular complexity index is 2340. The van der Waals surface area contributed by atoms with E-state index in [0.29, 0.717) is 31.4 Å². The Morgan fingerprint density at radius 1 is 0.688 bits per heavy atom. The summed E-state index contributed by atoms with van der Waals surface area (Å²) < 4.78 is 0. The van der Waals surface area contributed by atoms with Gasteiger partial charge in [0.25, 0.3) is 0 Å². The Kier molecular flexibility index (Phi) is 15.4. The van der Waals surface area contributed by atoms with Gasteiger partial charge >= 0.3 is 5.97 Å². The first-order valence-electron chi connectivity index (χ1n) is 22.1. The summed E-state index contributed by atoms with van der Waals surface area (Å²) in [6.07, 6.45) is 5.74.